The molecular formula is C20H19FN2O5. The van der Waals surface area contributed by atoms with Gasteiger partial charge in [-0.25, -0.2) is 9.18 Å². The number of nitrogens with one attached hydrogen (secondary N) is 1. The lowest BCUT2D eigenvalue weighted by Gasteiger charge is -2.41. The van der Waals surface area contributed by atoms with Crippen molar-refractivity contribution in [3.63, 3.8) is 0 Å². The van der Waals surface area contributed by atoms with Crippen molar-refractivity contribution in [1.29, 1.82) is 0 Å². The van der Waals surface area contributed by atoms with Gasteiger partial charge in [0.1, 0.15) is 17.1 Å². The van der Waals surface area contributed by atoms with Crippen molar-refractivity contribution >= 4 is 29.2 Å². The zero-order chi connectivity index (χ0) is 20.5. The van der Waals surface area contributed by atoms with Crippen LogP contribution in [0.3, 0.4) is 0 Å². The Bertz CT molecular complexity index is 957. The Morgan fingerprint density at radius 1 is 1.18 bits per heavy atom. The average Bonchev–Trinajstić information content (AvgIpc) is 2.66. The first kappa shape index (κ1) is 19.3. The Morgan fingerprint density at radius 3 is 2.57 bits per heavy atom. The van der Waals surface area contributed by atoms with Gasteiger partial charge in [-0.1, -0.05) is 12.1 Å². The van der Waals surface area contributed by atoms with Gasteiger partial charge in [-0.05, 0) is 38.1 Å². The molecule has 0 aliphatic carbocycles. The van der Waals surface area contributed by atoms with E-state index in [1.165, 1.54) is 24.1 Å². The lowest BCUT2D eigenvalue weighted by molar-refractivity contribution is -0.128. The van der Waals surface area contributed by atoms with Crippen LogP contribution >= 0.6 is 0 Å². The molecule has 0 atom stereocenters. The molecule has 0 bridgehead atoms. The van der Waals surface area contributed by atoms with E-state index in [1.807, 2.05) is 0 Å². The summed E-state index contributed by atoms with van der Waals surface area (Å²) in [6.45, 7) is 2.53. The van der Waals surface area contributed by atoms with Crippen LogP contribution in [0.2, 0.25) is 0 Å². The van der Waals surface area contributed by atoms with Crippen molar-refractivity contribution in [3.8, 4) is 5.75 Å². The quantitative estimate of drug-likeness (QED) is 0.817. The van der Waals surface area contributed by atoms with Gasteiger partial charge >= 0.3 is 5.97 Å². The average molecular weight is 386 g/mol. The Kier molecular flexibility index (Phi) is 5.04. The van der Waals surface area contributed by atoms with E-state index in [4.69, 9.17) is 9.47 Å². The number of carbonyl (C=O) groups is 3. The minimum Gasteiger partial charge on any atom is -0.497 e. The predicted octanol–water partition coefficient (Wildman–Crippen LogP) is 2.76. The normalized spacial score (nSPS) is 14.7. The molecule has 2 amide bonds. The molecule has 1 heterocycles. The van der Waals surface area contributed by atoms with Crippen molar-refractivity contribution in [2.75, 3.05) is 23.9 Å². The topological polar surface area (TPSA) is 84.9 Å². The molecule has 1 aliphatic rings. The molecule has 7 nitrogen and oxygen atoms in total. The number of anilines is 2. The third kappa shape index (κ3) is 3.40. The van der Waals surface area contributed by atoms with E-state index in [2.05, 4.69) is 5.32 Å². The lowest BCUT2D eigenvalue weighted by Crippen LogP contribution is -2.59. The lowest BCUT2D eigenvalue weighted by atomic mass is 9.96. The highest BCUT2D eigenvalue weighted by atomic mass is 19.1. The molecular weight excluding hydrogens is 367 g/mol. The Hall–Kier alpha value is -3.42. The number of carbonyl (C=O) groups excluding carboxylic acids is 3. The van der Waals surface area contributed by atoms with E-state index in [9.17, 15) is 18.8 Å². The fourth-order valence-electron chi connectivity index (χ4n) is 2.96. The molecule has 146 valence electrons. The number of ether oxygens (including phenoxy) is 2. The molecule has 0 aromatic heterocycles. The highest BCUT2D eigenvalue weighted by molar-refractivity contribution is 6.14. The molecule has 0 radical (unpaired) electrons. The van der Waals surface area contributed by atoms with E-state index < -0.39 is 29.8 Å². The summed E-state index contributed by atoms with van der Waals surface area (Å²) in [7, 11) is 1.37. The van der Waals surface area contributed by atoms with Gasteiger partial charge in [0.2, 0.25) is 5.91 Å². The first-order valence-electron chi connectivity index (χ1n) is 8.50. The monoisotopic (exact) mass is 386 g/mol. The van der Waals surface area contributed by atoms with E-state index >= 15 is 0 Å². The van der Waals surface area contributed by atoms with Gasteiger partial charge in [0.25, 0.3) is 5.91 Å². The molecule has 8 heteroatoms. The van der Waals surface area contributed by atoms with Crippen LogP contribution in [0.15, 0.2) is 42.5 Å². The number of benzene rings is 2. The van der Waals surface area contributed by atoms with Crippen LogP contribution in [0.4, 0.5) is 15.8 Å². The van der Waals surface area contributed by atoms with E-state index in [-0.39, 0.29) is 17.2 Å². The largest absolute Gasteiger partial charge is 0.497 e. The summed E-state index contributed by atoms with van der Waals surface area (Å²) in [5.74, 6) is -2.52. The van der Waals surface area contributed by atoms with E-state index in [1.54, 1.807) is 38.1 Å². The molecule has 0 saturated carbocycles. The summed E-state index contributed by atoms with van der Waals surface area (Å²) in [4.78, 5) is 38.6. The van der Waals surface area contributed by atoms with Crippen LogP contribution in [0, 0.1) is 5.82 Å². The summed E-state index contributed by atoms with van der Waals surface area (Å²) in [6, 6.07) is 10.5. The summed E-state index contributed by atoms with van der Waals surface area (Å²) in [5.41, 5.74) is -0.537. The summed E-state index contributed by atoms with van der Waals surface area (Å²) in [6.07, 6.45) is 0. The number of rotatable bonds is 4. The van der Waals surface area contributed by atoms with Crippen molar-refractivity contribution in [2.45, 2.75) is 19.4 Å². The van der Waals surface area contributed by atoms with Crippen LogP contribution in [-0.4, -0.2) is 37.0 Å². The van der Waals surface area contributed by atoms with Gasteiger partial charge in [-0.2, -0.15) is 0 Å². The second-order valence-corrected chi connectivity index (χ2v) is 6.68. The number of methoxy groups -OCH3 is 1. The Morgan fingerprint density at radius 2 is 1.89 bits per heavy atom. The van der Waals surface area contributed by atoms with Crippen molar-refractivity contribution in [2.24, 2.45) is 0 Å². The fourth-order valence-corrected chi connectivity index (χ4v) is 2.96. The zero-order valence-electron chi connectivity index (χ0n) is 15.6. The second kappa shape index (κ2) is 7.30. The summed E-state index contributed by atoms with van der Waals surface area (Å²) in [5, 5.41) is 2.74. The van der Waals surface area contributed by atoms with Gasteiger partial charge in [0, 0.05) is 6.07 Å². The molecule has 3 rings (SSSR count). The van der Waals surface area contributed by atoms with Crippen molar-refractivity contribution in [1.82, 2.24) is 0 Å². The standard InChI is InChI=1S/C20H19FN2O5/c1-20(2)19(26)22-15-6-4-5-7-16(15)23(20)17(24)11-28-18(25)13-9-8-12(27-3)10-14(13)21/h4-10H,11H2,1-3H3,(H,22,26). The molecule has 2 aromatic carbocycles. The van der Waals surface area contributed by atoms with Crippen molar-refractivity contribution < 1.29 is 28.2 Å². The molecule has 0 saturated heterocycles. The SMILES string of the molecule is COc1ccc(C(=O)OCC(=O)N2c3ccccc3NC(=O)C2(C)C)c(F)c1. The number of nitrogens with zero attached hydrogens (tertiary/aromatic N) is 1. The van der Waals surface area contributed by atoms with Gasteiger partial charge in [0.15, 0.2) is 6.61 Å². The number of hydrogen-bond acceptors (Lipinski definition) is 5. The van der Waals surface area contributed by atoms with Crippen LogP contribution in [0.5, 0.6) is 5.75 Å². The van der Waals surface area contributed by atoms with Crippen LogP contribution in [-0.2, 0) is 14.3 Å². The molecule has 1 aliphatic heterocycles. The van der Waals surface area contributed by atoms with Gasteiger partial charge < -0.3 is 14.8 Å². The van der Waals surface area contributed by atoms with Gasteiger partial charge in [-0.3, -0.25) is 14.5 Å². The number of amides is 2. The zero-order valence-corrected chi connectivity index (χ0v) is 15.6. The first-order valence-corrected chi connectivity index (χ1v) is 8.50. The Balaban J connectivity index is 1.79. The maximum absolute atomic E-state index is 14.0. The summed E-state index contributed by atoms with van der Waals surface area (Å²) < 4.78 is 23.9. The molecule has 1 N–H and O–H groups in total. The highest BCUT2D eigenvalue weighted by Gasteiger charge is 2.43. The molecule has 2 aromatic rings. The molecule has 0 unspecified atom stereocenters. The number of hydrogen-bond donors (Lipinski definition) is 1. The second-order valence-electron chi connectivity index (χ2n) is 6.68. The third-order valence-electron chi connectivity index (χ3n) is 4.48. The van der Waals surface area contributed by atoms with E-state index in [0.29, 0.717) is 11.4 Å². The first-order chi connectivity index (χ1) is 13.3. The van der Waals surface area contributed by atoms with Crippen LogP contribution in [0.1, 0.15) is 24.2 Å². The smallest absolute Gasteiger partial charge is 0.341 e. The third-order valence-corrected chi connectivity index (χ3v) is 4.48. The Labute approximate surface area is 161 Å². The van der Waals surface area contributed by atoms with Crippen molar-refractivity contribution in [3.05, 3.63) is 53.8 Å². The number of para-hydroxylation sites is 2. The maximum Gasteiger partial charge on any atom is 0.341 e. The molecule has 28 heavy (non-hydrogen) atoms. The van der Waals surface area contributed by atoms with Crippen LogP contribution < -0.4 is 15.0 Å². The van der Waals surface area contributed by atoms with Gasteiger partial charge in [0.05, 0.1) is 24.0 Å². The predicted molar refractivity (Wildman–Crippen MR) is 99.9 cm³/mol. The molecule has 0 spiro atoms. The maximum atomic E-state index is 14.0. The summed E-state index contributed by atoms with van der Waals surface area (Å²) >= 11 is 0. The highest BCUT2D eigenvalue weighted by Crippen LogP contribution is 2.36. The number of esters is 1. The number of fused-ring (bicyclic) bond motifs is 1. The number of halogens is 1. The molecule has 0 fully saturated rings. The van der Waals surface area contributed by atoms with Gasteiger partial charge in [-0.15, -0.1) is 0 Å². The van der Waals surface area contributed by atoms with Crippen LogP contribution in [0.25, 0.3) is 0 Å². The van der Waals surface area contributed by atoms with E-state index in [0.717, 1.165) is 6.07 Å². The fraction of sp³-hybridized carbons (Fsp3) is 0.250. The minimum atomic E-state index is -1.19. The minimum absolute atomic E-state index is 0.253.